The second-order valence-electron chi connectivity index (χ2n) is 21.3. The minimum atomic E-state index is -0.807. The average molecular weight is 1110 g/mol. The average Bonchev–Trinajstić information content (AvgIpc) is 3.46. The van der Waals surface area contributed by atoms with Crippen molar-refractivity contribution in [2.45, 2.75) is 290 Å². The Kier molecular flexibility index (Phi) is 62.9. The van der Waals surface area contributed by atoms with E-state index in [2.05, 4.69) is 167 Å². The third-order valence-electron chi connectivity index (χ3n) is 13.5. The highest BCUT2D eigenvalue weighted by Gasteiger charge is 2.19. The summed E-state index contributed by atoms with van der Waals surface area (Å²) in [5.41, 5.74) is 0. The number of esters is 3. The monoisotopic (exact) mass is 1100 g/mol. The molecule has 0 amide bonds. The van der Waals surface area contributed by atoms with E-state index in [0.717, 1.165) is 154 Å². The molecular formula is C74H120O6. The number of hydrogen-bond acceptors (Lipinski definition) is 6. The fraction of sp³-hybridized carbons (Fsp3) is 0.635. The van der Waals surface area contributed by atoms with E-state index < -0.39 is 6.10 Å². The first kappa shape index (κ1) is 75.3. The van der Waals surface area contributed by atoms with E-state index in [9.17, 15) is 14.4 Å². The highest BCUT2D eigenvalue weighted by Crippen LogP contribution is 2.15. The third kappa shape index (κ3) is 64.1. The zero-order valence-electron chi connectivity index (χ0n) is 51.8. The van der Waals surface area contributed by atoms with Gasteiger partial charge in [0.2, 0.25) is 0 Å². The summed E-state index contributed by atoms with van der Waals surface area (Å²) >= 11 is 0. The molecule has 0 aromatic heterocycles. The zero-order valence-corrected chi connectivity index (χ0v) is 51.8. The van der Waals surface area contributed by atoms with Gasteiger partial charge < -0.3 is 14.2 Å². The van der Waals surface area contributed by atoms with Gasteiger partial charge >= 0.3 is 17.9 Å². The number of carbonyl (C=O) groups is 3. The first-order valence-electron chi connectivity index (χ1n) is 32.8. The number of carbonyl (C=O) groups excluding carboxylic acids is 3. The van der Waals surface area contributed by atoms with Gasteiger partial charge in [0, 0.05) is 19.3 Å². The van der Waals surface area contributed by atoms with Crippen molar-refractivity contribution < 1.29 is 28.6 Å². The number of allylic oxidation sites excluding steroid dienone is 24. The summed E-state index contributed by atoms with van der Waals surface area (Å²) < 4.78 is 16.9. The highest BCUT2D eigenvalue weighted by atomic mass is 16.6. The predicted molar refractivity (Wildman–Crippen MR) is 348 cm³/mol. The van der Waals surface area contributed by atoms with Crippen molar-refractivity contribution in [1.82, 2.24) is 0 Å². The van der Waals surface area contributed by atoms with Crippen LogP contribution in [0, 0.1) is 0 Å². The quantitative estimate of drug-likeness (QED) is 0.0261. The van der Waals surface area contributed by atoms with Crippen LogP contribution < -0.4 is 0 Å². The van der Waals surface area contributed by atoms with Gasteiger partial charge in [-0.25, -0.2) is 0 Å². The van der Waals surface area contributed by atoms with E-state index in [1.54, 1.807) is 0 Å². The van der Waals surface area contributed by atoms with Crippen LogP contribution in [0.5, 0.6) is 0 Å². The molecular weight excluding hydrogens is 985 g/mol. The molecule has 6 heteroatoms. The van der Waals surface area contributed by atoms with E-state index in [1.807, 2.05) is 0 Å². The lowest BCUT2D eigenvalue weighted by Gasteiger charge is -2.18. The van der Waals surface area contributed by atoms with Gasteiger partial charge in [-0.15, -0.1) is 0 Å². The SMILES string of the molecule is CC/C=C\C/C=C\C/C=C\C/C=C\C/C=C\C/C=C\C/C=C\C/C=C\C/C=C\CCCCCC(=O)OCC(COC(=O)CCCCCCC/C=C\C/C=C\CCC)OC(=O)CCCCCCCCC/C=C\CCCCCCCCC. The Morgan fingerprint density at radius 2 is 0.512 bits per heavy atom. The van der Waals surface area contributed by atoms with Gasteiger partial charge in [-0.3, -0.25) is 14.4 Å². The molecule has 0 spiro atoms. The molecule has 452 valence electrons. The molecule has 0 N–H and O–H groups in total. The molecule has 0 saturated heterocycles. The number of rotatable bonds is 58. The number of unbranched alkanes of at least 4 members (excludes halogenated alkanes) is 23. The van der Waals surface area contributed by atoms with Crippen LogP contribution in [0.2, 0.25) is 0 Å². The van der Waals surface area contributed by atoms with Crippen LogP contribution in [-0.4, -0.2) is 37.2 Å². The van der Waals surface area contributed by atoms with Gasteiger partial charge in [0.05, 0.1) is 0 Å². The molecule has 80 heavy (non-hydrogen) atoms. The van der Waals surface area contributed by atoms with Crippen LogP contribution in [-0.2, 0) is 28.6 Å². The van der Waals surface area contributed by atoms with E-state index >= 15 is 0 Å². The number of hydrogen-bond donors (Lipinski definition) is 0. The second-order valence-corrected chi connectivity index (χ2v) is 21.3. The zero-order chi connectivity index (χ0) is 57.8. The Bertz CT molecular complexity index is 1750. The Morgan fingerprint density at radius 1 is 0.263 bits per heavy atom. The maximum absolute atomic E-state index is 12.9. The maximum Gasteiger partial charge on any atom is 0.306 e. The summed E-state index contributed by atoms with van der Waals surface area (Å²) in [5, 5.41) is 0. The van der Waals surface area contributed by atoms with Crippen molar-refractivity contribution >= 4 is 17.9 Å². The van der Waals surface area contributed by atoms with E-state index in [-0.39, 0.29) is 31.1 Å². The van der Waals surface area contributed by atoms with Crippen LogP contribution in [0.3, 0.4) is 0 Å². The summed E-state index contributed by atoms with van der Waals surface area (Å²) in [4.78, 5) is 38.3. The van der Waals surface area contributed by atoms with Gasteiger partial charge in [-0.05, 0) is 141 Å². The van der Waals surface area contributed by atoms with Gasteiger partial charge in [0.15, 0.2) is 6.10 Å². The summed E-state index contributed by atoms with van der Waals surface area (Å²) in [6, 6.07) is 0. The molecule has 0 aromatic rings. The van der Waals surface area contributed by atoms with Crippen LogP contribution >= 0.6 is 0 Å². The maximum atomic E-state index is 12.9. The molecule has 0 radical (unpaired) electrons. The minimum Gasteiger partial charge on any atom is -0.462 e. The lowest BCUT2D eigenvalue weighted by molar-refractivity contribution is -0.167. The van der Waals surface area contributed by atoms with Crippen molar-refractivity contribution in [3.63, 3.8) is 0 Å². The van der Waals surface area contributed by atoms with Gasteiger partial charge in [0.25, 0.3) is 0 Å². The van der Waals surface area contributed by atoms with Crippen LogP contribution in [0.25, 0.3) is 0 Å². The fourth-order valence-electron chi connectivity index (χ4n) is 8.64. The topological polar surface area (TPSA) is 78.9 Å². The van der Waals surface area contributed by atoms with Crippen molar-refractivity contribution in [2.75, 3.05) is 13.2 Å². The third-order valence-corrected chi connectivity index (χ3v) is 13.5. The highest BCUT2D eigenvalue weighted by molar-refractivity contribution is 5.71. The molecule has 0 aliphatic carbocycles. The van der Waals surface area contributed by atoms with Crippen LogP contribution in [0.1, 0.15) is 284 Å². The van der Waals surface area contributed by atoms with Crippen molar-refractivity contribution in [2.24, 2.45) is 0 Å². The van der Waals surface area contributed by atoms with E-state index in [0.29, 0.717) is 19.3 Å². The molecule has 6 nitrogen and oxygen atoms in total. The van der Waals surface area contributed by atoms with Crippen molar-refractivity contribution in [1.29, 1.82) is 0 Å². The number of ether oxygens (including phenoxy) is 3. The molecule has 0 saturated carbocycles. The fourth-order valence-corrected chi connectivity index (χ4v) is 8.64. The Balaban J connectivity index is 4.40. The van der Waals surface area contributed by atoms with E-state index in [1.165, 1.54) is 89.9 Å². The molecule has 0 aliphatic heterocycles. The summed E-state index contributed by atoms with van der Waals surface area (Å²) in [6.07, 6.45) is 95.7. The molecule has 1 atom stereocenters. The lowest BCUT2D eigenvalue weighted by atomic mass is 10.1. The summed E-state index contributed by atoms with van der Waals surface area (Å²) in [5.74, 6) is -0.953. The smallest absolute Gasteiger partial charge is 0.306 e. The molecule has 0 bridgehead atoms. The molecule has 0 rings (SSSR count). The Hall–Kier alpha value is -4.71. The normalized spacial score (nSPS) is 13.1. The van der Waals surface area contributed by atoms with Gasteiger partial charge in [0.1, 0.15) is 13.2 Å². The predicted octanol–water partition coefficient (Wildman–Crippen LogP) is 22.7. The molecule has 0 aliphatic rings. The summed E-state index contributed by atoms with van der Waals surface area (Å²) in [7, 11) is 0. The van der Waals surface area contributed by atoms with Gasteiger partial charge in [-0.1, -0.05) is 269 Å². The lowest BCUT2D eigenvalue weighted by Crippen LogP contribution is -2.30. The van der Waals surface area contributed by atoms with Crippen LogP contribution in [0.15, 0.2) is 146 Å². The minimum absolute atomic E-state index is 0.102. The van der Waals surface area contributed by atoms with E-state index in [4.69, 9.17) is 14.2 Å². The first-order chi connectivity index (χ1) is 39.5. The molecule has 0 aromatic carbocycles. The standard InChI is InChI=1S/C74H120O6/c1-4-7-10-13-16-19-22-25-27-29-31-32-33-34-35-36-37-38-39-40-41-42-43-45-46-49-52-55-58-61-64-67-73(76)79-70-71(69-78-72(75)66-63-60-57-54-51-48-24-21-18-15-12-9-6-3)80-74(77)68-65-62-59-56-53-50-47-44-30-28-26-23-20-17-14-11-8-5-2/h7,10,12,15-16,19,21,24-25,27-28,30-32,34-35,37-38,40-41,43,45,49,52,71H,4-6,8-9,11,13-14,17-18,20,22-23,26,29,33,36,39,42,44,46-48,50-51,53-70H2,1-3H3/b10-7-,15-12-,19-16-,24-21-,27-25-,30-28-,32-31-,35-34-,38-37-,41-40-,45-43-,52-49-. The van der Waals surface area contributed by atoms with Gasteiger partial charge in [-0.2, -0.15) is 0 Å². The largest absolute Gasteiger partial charge is 0.462 e. The van der Waals surface area contributed by atoms with Crippen LogP contribution in [0.4, 0.5) is 0 Å². The molecule has 1 unspecified atom stereocenters. The Labute approximate surface area is 493 Å². The Morgan fingerprint density at radius 3 is 0.838 bits per heavy atom. The van der Waals surface area contributed by atoms with Crippen molar-refractivity contribution in [3.8, 4) is 0 Å². The second kappa shape index (κ2) is 66.8. The summed E-state index contributed by atoms with van der Waals surface area (Å²) in [6.45, 7) is 6.42. The molecule has 0 fully saturated rings. The van der Waals surface area contributed by atoms with Crippen molar-refractivity contribution in [3.05, 3.63) is 146 Å². The first-order valence-corrected chi connectivity index (χ1v) is 32.8. The molecule has 0 heterocycles.